The largest absolute Gasteiger partial charge is 0.330 e. The monoisotopic (exact) mass is 250 g/mol. The third-order valence-electron chi connectivity index (χ3n) is 4.10. The minimum atomic E-state index is -0.110. The number of nitrogens with zero attached hydrogens (tertiary/aromatic N) is 1. The third kappa shape index (κ3) is 2.73. The Hall–Kier alpha value is -0.930. The Morgan fingerprint density at radius 1 is 1.39 bits per heavy atom. The van der Waals surface area contributed by atoms with Gasteiger partial charge in [-0.05, 0) is 63.0 Å². The standard InChI is InChI=1S/C15H23FN2/c1-11-6-7-12(9-14(11)16)15-13(10-17)5-3-4-8-18(15)2/h6-7,9,13,15H,3-5,8,10,17H2,1-2H3. The predicted molar refractivity (Wildman–Crippen MR) is 72.9 cm³/mol. The molecule has 1 aliphatic rings. The molecule has 0 bridgehead atoms. The summed E-state index contributed by atoms with van der Waals surface area (Å²) in [6.45, 7) is 3.54. The quantitative estimate of drug-likeness (QED) is 0.874. The van der Waals surface area contributed by atoms with Crippen molar-refractivity contribution >= 4 is 0 Å². The maximum Gasteiger partial charge on any atom is 0.126 e. The Kier molecular flexibility index (Phi) is 4.36. The molecule has 1 heterocycles. The number of likely N-dealkylation sites (tertiary alicyclic amines) is 1. The Morgan fingerprint density at radius 3 is 2.83 bits per heavy atom. The van der Waals surface area contributed by atoms with Crippen LogP contribution in [0, 0.1) is 18.7 Å². The fraction of sp³-hybridized carbons (Fsp3) is 0.600. The second-order valence-corrected chi connectivity index (χ2v) is 5.43. The van der Waals surface area contributed by atoms with Crippen molar-refractivity contribution in [1.29, 1.82) is 0 Å². The van der Waals surface area contributed by atoms with Crippen LogP contribution in [-0.2, 0) is 0 Å². The third-order valence-corrected chi connectivity index (χ3v) is 4.10. The van der Waals surface area contributed by atoms with Crippen LogP contribution in [0.5, 0.6) is 0 Å². The Labute approximate surface area is 109 Å². The van der Waals surface area contributed by atoms with Crippen LogP contribution < -0.4 is 5.73 Å². The molecule has 100 valence electrons. The molecule has 1 saturated heterocycles. The van der Waals surface area contributed by atoms with E-state index < -0.39 is 0 Å². The summed E-state index contributed by atoms with van der Waals surface area (Å²) in [5.41, 5.74) is 7.69. The van der Waals surface area contributed by atoms with Crippen molar-refractivity contribution in [3.8, 4) is 0 Å². The van der Waals surface area contributed by atoms with E-state index in [1.807, 2.05) is 12.1 Å². The molecule has 2 rings (SSSR count). The minimum absolute atomic E-state index is 0.110. The van der Waals surface area contributed by atoms with E-state index in [0.29, 0.717) is 18.0 Å². The molecule has 1 fully saturated rings. The van der Waals surface area contributed by atoms with E-state index in [-0.39, 0.29) is 11.9 Å². The molecule has 2 atom stereocenters. The van der Waals surface area contributed by atoms with Crippen LogP contribution in [0.25, 0.3) is 0 Å². The van der Waals surface area contributed by atoms with Gasteiger partial charge in [0, 0.05) is 6.04 Å². The lowest BCUT2D eigenvalue weighted by molar-refractivity contribution is 0.195. The van der Waals surface area contributed by atoms with Crippen LogP contribution in [0.1, 0.15) is 36.4 Å². The zero-order valence-electron chi connectivity index (χ0n) is 11.3. The first-order valence-corrected chi connectivity index (χ1v) is 6.80. The van der Waals surface area contributed by atoms with E-state index in [0.717, 1.165) is 18.5 Å². The van der Waals surface area contributed by atoms with Gasteiger partial charge in [-0.2, -0.15) is 0 Å². The molecule has 1 aromatic rings. The van der Waals surface area contributed by atoms with Crippen LogP contribution in [0.4, 0.5) is 4.39 Å². The van der Waals surface area contributed by atoms with Crippen molar-refractivity contribution in [2.24, 2.45) is 11.7 Å². The molecule has 0 aromatic heterocycles. The number of rotatable bonds is 2. The highest BCUT2D eigenvalue weighted by atomic mass is 19.1. The number of hydrogen-bond donors (Lipinski definition) is 1. The fourth-order valence-electron chi connectivity index (χ4n) is 2.99. The Morgan fingerprint density at radius 2 is 2.17 bits per heavy atom. The first-order chi connectivity index (χ1) is 8.63. The van der Waals surface area contributed by atoms with Crippen molar-refractivity contribution < 1.29 is 4.39 Å². The number of nitrogens with two attached hydrogens (primary N) is 1. The van der Waals surface area contributed by atoms with E-state index in [1.54, 1.807) is 13.0 Å². The van der Waals surface area contributed by atoms with E-state index in [9.17, 15) is 4.39 Å². The average Bonchev–Trinajstić information content (AvgIpc) is 2.54. The molecule has 2 N–H and O–H groups in total. The molecule has 0 amide bonds. The molecule has 1 aromatic carbocycles. The number of aryl methyl sites for hydroxylation is 1. The fourth-order valence-corrected chi connectivity index (χ4v) is 2.99. The Balaban J connectivity index is 2.33. The highest BCUT2D eigenvalue weighted by molar-refractivity contribution is 5.26. The van der Waals surface area contributed by atoms with Crippen molar-refractivity contribution in [3.63, 3.8) is 0 Å². The number of halogens is 1. The molecule has 0 spiro atoms. The first kappa shape index (κ1) is 13.5. The van der Waals surface area contributed by atoms with Crippen LogP contribution in [0.2, 0.25) is 0 Å². The second kappa shape index (κ2) is 5.81. The molecule has 0 radical (unpaired) electrons. The number of benzene rings is 1. The molecule has 0 aliphatic carbocycles. The van der Waals surface area contributed by atoms with Crippen LogP contribution in [0.3, 0.4) is 0 Å². The minimum Gasteiger partial charge on any atom is -0.330 e. The maximum atomic E-state index is 13.7. The van der Waals surface area contributed by atoms with Gasteiger partial charge < -0.3 is 5.73 Å². The van der Waals surface area contributed by atoms with Gasteiger partial charge in [-0.3, -0.25) is 4.90 Å². The molecular weight excluding hydrogens is 227 g/mol. The average molecular weight is 250 g/mol. The van der Waals surface area contributed by atoms with Gasteiger partial charge in [0.1, 0.15) is 5.82 Å². The van der Waals surface area contributed by atoms with Crippen molar-refractivity contribution in [3.05, 3.63) is 35.1 Å². The topological polar surface area (TPSA) is 29.3 Å². The molecule has 18 heavy (non-hydrogen) atoms. The number of hydrogen-bond acceptors (Lipinski definition) is 2. The molecule has 2 nitrogen and oxygen atoms in total. The summed E-state index contributed by atoms with van der Waals surface area (Å²) >= 11 is 0. The van der Waals surface area contributed by atoms with Gasteiger partial charge in [0.05, 0.1) is 0 Å². The van der Waals surface area contributed by atoms with Gasteiger partial charge in [-0.25, -0.2) is 4.39 Å². The van der Waals surface area contributed by atoms with Crippen molar-refractivity contribution in [2.45, 2.75) is 32.2 Å². The van der Waals surface area contributed by atoms with Crippen molar-refractivity contribution in [2.75, 3.05) is 20.1 Å². The second-order valence-electron chi connectivity index (χ2n) is 5.43. The van der Waals surface area contributed by atoms with E-state index in [1.165, 1.54) is 12.8 Å². The van der Waals surface area contributed by atoms with Crippen LogP contribution in [-0.4, -0.2) is 25.0 Å². The van der Waals surface area contributed by atoms with Gasteiger partial charge in [0.2, 0.25) is 0 Å². The summed E-state index contributed by atoms with van der Waals surface area (Å²) in [6, 6.07) is 5.86. The lowest BCUT2D eigenvalue weighted by atomic mass is 9.89. The van der Waals surface area contributed by atoms with Gasteiger partial charge in [0.15, 0.2) is 0 Å². The Bertz CT molecular complexity index is 405. The summed E-state index contributed by atoms with van der Waals surface area (Å²) in [5, 5.41) is 0. The van der Waals surface area contributed by atoms with Gasteiger partial charge >= 0.3 is 0 Å². The van der Waals surface area contributed by atoms with E-state index in [4.69, 9.17) is 5.73 Å². The molecular formula is C15H23FN2. The summed E-state index contributed by atoms with van der Waals surface area (Å²) < 4.78 is 13.7. The van der Waals surface area contributed by atoms with Crippen LogP contribution in [0.15, 0.2) is 18.2 Å². The maximum absolute atomic E-state index is 13.7. The lowest BCUT2D eigenvalue weighted by Gasteiger charge is -2.32. The van der Waals surface area contributed by atoms with E-state index in [2.05, 4.69) is 11.9 Å². The summed E-state index contributed by atoms with van der Waals surface area (Å²) in [7, 11) is 2.12. The highest BCUT2D eigenvalue weighted by Crippen LogP contribution is 2.34. The molecule has 0 saturated carbocycles. The SMILES string of the molecule is Cc1ccc(C2C(CN)CCCCN2C)cc1F. The van der Waals surface area contributed by atoms with Crippen molar-refractivity contribution in [1.82, 2.24) is 4.90 Å². The smallest absolute Gasteiger partial charge is 0.126 e. The summed E-state index contributed by atoms with van der Waals surface area (Å²) in [6.07, 6.45) is 3.57. The van der Waals surface area contributed by atoms with Crippen LogP contribution >= 0.6 is 0 Å². The molecule has 3 heteroatoms. The summed E-state index contributed by atoms with van der Waals surface area (Å²) in [5.74, 6) is 0.320. The van der Waals surface area contributed by atoms with Gasteiger partial charge in [-0.15, -0.1) is 0 Å². The predicted octanol–water partition coefficient (Wildman–Crippen LogP) is 2.87. The highest BCUT2D eigenvalue weighted by Gasteiger charge is 2.28. The van der Waals surface area contributed by atoms with E-state index >= 15 is 0 Å². The lowest BCUT2D eigenvalue weighted by Crippen LogP contribution is -2.33. The zero-order chi connectivity index (χ0) is 13.1. The molecule has 2 unspecified atom stereocenters. The normalized spacial score (nSPS) is 26.0. The van der Waals surface area contributed by atoms with Gasteiger partial charge in [-0.1, -0.05) is 18.6 Å². The molecule has 1 aliphatic heterocycles. The first-order valence-electron chi connectivity index (χ1n) is 6.80. The summed E-state index contributed by atoms with van der Waals surface area (Å²) in [4.78, 5) is 2.33. The van der Waals surface area contributed by atoms with Gasteiger partial charge in [0.25, 0.3) is 0 Å². The zero-order valence-corrected chi connectivity index (χ0v) is 11.3.